The van der Waals surface area contributed by atoms with E-state index in [-0.39, 0.29) is 31.9 Å². The predicted molar refractivity (Wildman–Crippen MR) is 128 cm³/mol. The lowest BCUT2D eigenvalue weighted by Crippen LogP contribution is -2.53. The van der Waals surface area contributed by atoms with Gasteiger partial charge in [-0.15, -0.1) is 0 Å². The molecule has 4 saturated carbocycles. The number of rotatable bonds is 11. The topological polar surface area (TPSA) is 126 Å². The van der Waals surface area contributed by atoms with E-state index in [4.69, 9.17) is 17.8 Å². The average molecular weight is 532 g/mol. The second kappa shape index (κ2) is 10.2. The van der Waals surface area contributed by atoms with E-state index < -0.39 is 26.4 Å². The highest BCUT2D eigenvalue weighted by Gasteiger charge is 2.53. The standard InChI is InChI=1S/C23H33NO9S2/c1-34(26,27)30-9-7-24(8-10-31-35(2,28)29)20-3-5-21(6-4-20)32-22(25)33-23-14-17-11-18(15-23)13-19(12-17)16-23/h3-6,17-19H,7-16H2,1-2H3. The van der Waals surface area contributed by atoms with E-state index in [1.807, 2.05) is 0 Å². The van der Waals surface area contributed by atoms with Gasteiger partial charge in [-0.2, -0.15) is 16.8 Å². The van der Waals surface area contributed by atoms with E-state index in [0.717, 1.165) is 31.8 Å². The molecular weight excluding hydrogens is 498 g/mol. The van der Waals surface area contributed by atoms with Crippen LogP contribution in [0.3, 0.4) is 0 Å². The van der Waals surface area contributed by atoms with E-state index in [9.17, 15) is 21.6 Å². The number of nitrogens with zero attached hydrogens (tertiary/aromatic N) is 1. The van der Waals surface area contributed by atoms with Crippen molar-refractivity contribution < 1.29 is 39.5 Å². The van der Waals surface area contributed by atoms with Gasteiger partial charge >= 0.3 is 6.16 Å². The van der Waals surface area contributed by atoms with E-state index in [2.05, 4.69) is 0 Å². The van der Waals surface area contributed by atoms with Gasteiger partial charge < -0.3 is 14.4 Å². The fourth-order valence-electron chi connectivity index (χ4n) is 6.14. The van der Waals surface area contributed by atoms with Crippen LogP contribution in [0.5, 0.6) is 5.75 Å². The first-order valence-corrected chi connectivity index (χ1v) is 15.5. The first kappa shape index (κ1) is 26.2. The molecule has 0 saturated heterocycles. The van der Waals surface area contributed by atoms with Gasteiger partial charge in [-0.1, -0.05) is 0 Å². The van der Waals surface area contributed by atoms with E-state index in [0.29, 0.717) is 29.2 Å². The van der Waals surface area contributed by atoms with Crippen LogP contribution < -0.4 is 9.64 Å². The number of ether oxygens (including phenoxy) is 2. The maximum atomic E-state index is 12.6. The van der Waals surface area contributed by atoms with Crippen molar-refractivity contribution in [1.29, 1.82) is 0 Å². The van der Waals surface area contributed by atoms with Crippen LogP contribution in [0.15, 0.2) is 24.3 Å². The number of hydrogen-bond donors (Lipinski definition) is 0. The first-order chi connectivity index (χ1) is 16.4. The Bertz CT molecular complexity index is 1040. The van der Waals surface area contributed by atoms with Gasteiger partial charge in [0, 0.05) is 18.8 Å². The first-order valence-electron chi connectivity index (χ1n) is 11.8. The smallest absolute Gasteiger partial charge is 0.427 e. The lowest BCUT2D eigenvalue weighted by molar-refractivity contribution is -0.135. The van der Waals surface area contributed by atoms with E-state index in [1.54, 1.807) is 29.2 Å². The minimum atomic E-state index is -3.61. The Morgan fingerprint density at radius 3 is 1.74 bits per heavy atom. The molecule has 0 aliphatic heterocycles. The van der Waals surface area contributed by atoms with Gasteiger partial charge in [-0.3, -0.25) is 8.37 Å². The fraction of sp³-hybridized carbons (Fsp3) is 0.696. The molecular formula is C23H33NO9S2. The molecule has 1 aromatic rings. The van der Waals surface area contributed by atoms with Crippen molar-refractivity contribution in [2.45, 2.75) is 44.1 Å². The highest BCUT2D eigenvalue weighted by molar-refractivity contribution is 7.86. The molecule has 0 aromatic heterocycles. The second-order valence-electron chi connectivity index (χ2n) is 10.1. The van der Waals surface area contributed by atoms with Gasteiger partial charge in [0.2, 0.25) is 0 Å². The number of benzene rings is 1. The van der Waals surface area contributed by atoms with Crippen LogP contribution >= 0.6 is 0 Å². The number of carbonyl (C=O) groups is 1. The molecule has 0 amide bonds. The third kappa shape index (κ3) is 7.55. The van der Waals surface area contributed by atoms with Crippen LogP contribution in [0.2, 0.25) is 0 Å². The Balaban J connectivity index is 1.35. The van der Waals surface area contributed by atoms with E-state index >= 15 is 0 Å². The SMILES string of the molecule is CS(=O)(=O)OCCN(CCOS(C)(=O)=O)c1ccc(OC(=O)OC23CC4CC(CC(C4)C2)C3)cc1. The van der Waals surface area contributed by atoms with Crippen molar-refractivity contribution in [2.75, 3.05) is 43.7 Å². The molecule has 0 radical (unpaired) electrons. The van der Waals surface area contributed by atoms with Crippen molar-refractivity contribution in [3.05, 3.63) is 24.3 Å². The predicted octanol–water partition coefficient (Wildman–Crippen LogP) is 2.93. The summed E-state index contributed by atoms with van der Waals surface area (Å²) in [6, 6.07) is 6.60. The molecule has 12 heteroatoms. The quantitative estimate of drug-likeness (QED) is 0.239. The molecule has 4 aliphatic rings. The summed E-state index contributed by atoms with van der Waals surface area (Å²) < 4.78 is 66.0. The van der Waals surface area contributed by atoms with E-state index in [1.165, 1.54) is 19.3 Å². The summed E-state index contributed by atoms with van der Waals surface area (Å²) in [7, 11) is -7.22. The van der Waals surface area contributed by atoms with Crippen LogP contribution in [-0.4, -0.2) is 67.4 Å². The Labute approximate surface area is 207 Å². The Hall–Kier alpha value is -1.89. The molecule has 196 valence electrons. The lowest BCUT2D eigenvalue weighted by Gasteiger charge is -2.55. The van der Waals surface area contributed by atoms with Crippen LogP contribution in [0.1, 0.15) is 38.5 Å². The van der Waals surface area contributed by atoms with Crippen molar-refractivity contribution in [1.82, 2.24) is 0 Å². The molecule has 4 aliphatic carbocycles. The average Bonchev–Trinajstić information content (AvgIpc) is 2.70. The molecule has 5 rings (SSSR count). The summed E-state index contributed by atoms with van der Waals surface area (Å²) in [6.07, 6.45) is 7.74. The van der Waals surface area contributed by atoms with Crippen LogP contribution in [0, 0.1) is 17.8 Å². The summed E-state index contributed by atoms with van der Waals surface area (Å²) in [4.78, 5) is 14.3. The maximum absolute atomic E-state index is 12.6. The molecule has 0 spiro atoms. The number of carbonyl (C=O) groups excluding carboxylic acids is 1. The van der Waals surface area contributed by atoms with Crippen molar-refractivity contribution in [3.8, 4) is 5.75 Å². The second-order valence-corrected chi connectivity index (χ2v) is 13.4. The summed E-state index contributed by atoms with van der Waals surface area (Å²) in [6.45, 7) is 0.115. The van der Waals surface area contributed by atoms with Gasteiger partial charge in [0.1, 0.15) is 11.4 Å². The molecule has 1 aromatic carbocycles. The van der Waals surface area contributed by atoms with Gasteiger partial charge in [0.15, 0.2) is 0 Å². The highest BCUT2D eigenvalue weighted by atomic mass is 32.2. The Kier molecular flexibility index (Phi) is 7.65. The molecule has 0 atom stereocenters. The third-order valence-electron chi connectivity index (χ3n) is 7.00. The molecule has 0 N–H and O–H groups in total. The monoisotopic (exact) mass is 531 g/mol. The molecule has 4 bridgehead atoms. The van der Waals surface area contributed by atoms with Crippen molar-refractivity contribution in [2.24, 2.45) is 17.8 Å². The van der Waals surface area contributed by atoms with Gasteiger partial charge in [-0.05, 0) is 80.5 Å². The summed E-state index contributed by atoms with van der Waals surface area (Å²) in [5, 5.41) is 0. The third-order valence-corrected chi connectivity index (χ3v) is 8.19. The zero-order valence-electron chi connectivity index (χ0n) is 20.1. The van der Waals surface area contributed by atoms with Crippen molar-refractivity contribution >= 4 is 32.1 Å². The van der Waals surface area contributed by atoms with Crippen molar-refractivity contribution in [3.63, 3.8) is 0 Å². The van der Waals surface area contributed by atoms with Gasteiger partial charge in [0.25, 0.3) is 20.2 Å². The van der Waals surface area contributed by atoms with Crippen LogP contribution in [0.4, 0.5) is 10.5 Å². The number of anilines is 1. The Morgan fingerprint density at radius 1 is 0.857 bits per heavy atom. The summed E-state index contributed by atoms with van der Waals surface area (Å²) in [5.41, 5.74) is 0.267. The fourth-order valence-corrected chi connectivity index (χ4v) is 6.90. The molecule has 10 nitrogen and oxygen atoms in total. The minimum absolute atomic E-state index is 0.118. The molecule has 0 heterocycles. The molecule has 0 unspecified atom stereocenters. The van der Waals surface area contributed by atoms with Gasteiger partial charge in [0.05, 0.1) is 25.7 Å². The molecule has 35 heavy (non-hydrogen) atoms. The minimum Gasteiger partial charge on any atom is -0.427 e. The van der Waals surface area contributed by atoms with Crippen LogP contribution in [0.25, 0.3) is 0 Å². The largest absolute Gasteiger partial charge is 0.514 e. The Morgan fingerprint density at radius 2 is 1.31 bits per heavy atom. The maximum Gasteiger partial charge on any atom is 0.514 e. The zero-order valence-corrected chi connectivity index (χ0v) is 21.7. The number of hydrogen-bond acceptors (Lipinski definition) is 10. The lowest BCUT2D eigenvalue weighted by atomic mass is 9.54. The van der Waals surface area contributed by atoms with Gasteiger partial charge in [-0.25, -0.2) is 4.79 Å². The zero-order chi connectivity index (χ0) is 25.3. The highest BCUT2D eigenvalue weighted by Crippen LogP contribution is 2.57. The van der Waals surface area contributed by atoms with Crippen LogP contribution in [-0.2, 0) is 33.3 Å². The normalized spacial score (nSPS) is 27.5. The summed E-state index contributed by atoms with van der Waals surface area (Å²) >= 11 is 0. The summed E-state index contributed by atoms with van der Waals surface area (Å²) in [5.74, 6) is 2.27. The molecule has 4 fully saturated rings.